The lowest BCUT2D eigenvalue weighted by Gasteiger charge is -2.18. The van der Waals surface area contributed by atoms with Crippen LogP contribution >= 0.6 is 0 Å². The maximum atomic E-state index is 9.52. The van der Waals surface area contributed by atoms with Crippen LogP contribution in [0.1, 0.15) is 13.8 Å². The monoisotopic (exact) mass is 184 g/mol. The second-order valence-electron chi connectivity index (χ2n) is 3.53. The molecule has 13 heavy (non-hydrogen) atoms. The van der Waals surface area contributed by atoms with Gasteiger partial charge in [-0.3, -0.25) is 0 Å². The van der Waals surface area contributed by atoms with Crippen molar-refractivity contribution in [2.24, 2.45) is 0 Å². The van der Waals surface area contributed by atoms with E-state index in [2.05, 4.69) is 13.2 Å². The van der Waals surface area contributed by atoms with E-state index in [9.17, 15) is 5.11 Å². The van der Waals surface area contributed by atoms with Gasteiger partial charge < -0.3 is 14.6 Å². The van der Waals surface area contributed by atoms with Crippen LogP contribution in [0.2, 0.25) is 0 Å². The maximum Gasteiger partial charge on any atom is 0.164 e. The van der Waals surface area contributed by atoms with Crippen molar-refractivity contribution < 1.29 is 14.6 Å². The molecule has 74 valence electrons. The quantitative estimate of drug-likeness (QED) is 0.671. The maximum absolute atomic E-state index is 9.52. The SMILES string of the molecule is C=CC(O)[C@H]1OC(C)(C)OC1C=C. The molecule has 0 spiro atoms. The minimum Gasteiger partial charge on any atom is -0.386 e. The second-order valence-corrected chi connectivity index (χ2v) is 3.53. The second kappa shape index (κ2) is 3.62. The molecule has 0 aromatic heterocycles. The van der Waals surface area contributed by atoms with Gasteiger partial charge in [-0.1, -0.05) is 12.2 Å². The Balaban J connectivity index is 2.74. The van der Waals surface area contributed by atoms with E-state index in [-0.39, 0.29) is 6.10 Å². The smallest absolute Gasteiger partial charge is 0.164 e. The molecule has 1 rings (SSSR count). The van der Waals surface area contributed by atoms with Gasteiger partial charge in [-0.05, 0) is 13.8 Å². The zero-order valence-corrected chi connectivity index (χ0v) is 8.06. The van der Waals surface area contributed by atoms with Crippen LogP contribution in [0.15, 0.2) is 25.3 Å². The zero-order valence-electron chi connectivity index (χ0n) is 8.06. The summed E-state index contributed by atoms with van der Waals surface area (Å²) in [5, 5.41) is 9.52. The van der Waals surface area contributed by atoms with Crippen LogP contribution in [-0.2, 0) is 9.47 Å². The number of hydrogen-bond donors (Lipinski definition) is 1. The fourth-order valence-electron chi connectivity index (χ4n) is 1.40. The van der Waals surface area contributed by atoms with Crippen molar-refractivity contribution in [1.29, 1.82) is 0 Å². The molecule has 3 atom stereocenters. The Morgan fingerprint density at radius 3 is 2.46 bits per heavy atom. The first kappa shape index (κ1) is 10.4. The van der Waals surface area contributed by atoms with Gasteiger partial charge in [0.25, 0.3) is 0 Å². The average Bonchev–Trinajstić information content (AvgIpc) is 2.39. The molecule has 1 saturated heterocycles. The standard InChI is InChI=1S/C10H16O3/c1-5-7(11)9-8(6-2)12-10(3,4)13-9/h5-9,11H,1-2H2,3-4H3/t7?,8?,9-/m1/s1. The zero-order chi connectivity index (χ0) is 10.1. The van der Waals surface area contributed by atoms with Crippen LogP contribution < -0.4 is 0 Å². The first-order chi connectivity index (χ1) is 6.00. The van der Waals surface area contributed by atoms with Crippen molar-refractivity contribution in [3.05, 3.63) is 25.3 Å². The highest BCUT2D eigenvalue weighted by Gasteiger charge is 2.42. The van der Waals surface area contributed by atoms with E-state index in [4.69, 9.17) is 9.47 Å². The lowest BCUT2D eigenvalue weighted by Crippen LogP contribution is -2.32. The predicted molar refractivity (Wildman–Crippen MR) is 50.2 cm³/mol. The lowest BCUT2D eigenvalue weighted by molar-refractivity contribution is -0.150. The third kappa shape index (κ3) is 2.18. The van der Waals surface area contributed by atoms with Crippen molar-refractivity contribution in [3.63, 3.8) is 0 Å². The summed E-state index contributed by atoms with van der Waals surface area (Å²) in [6.07, 6.45) is 1.68. The van der Waals surface area contributed by atoms with Crippen LogP contribution in [0.3, 0.4) is 0 Å². The Hall–Kier alpha value is -0.640. The molecule has 0 bridgehead atoms. The van der Waals surface area contributed by atoms with Gasteiger partial charge in [0.05, 0.1) is 0 Å². The van der Waals surface area contributed by atoms with Crippen molar-refractivity contribution in [2.45, 2.75) is 37.9 Å². The molecule has 0 aromatic rings. The van der Waals surface area contributed by atoms with E-state index in [1.54, 1.807) is 19.9 Å². The largest absolute Gasteiger partial charge is 0.386 e. The van der Waals surface area contributed by atoms with Crippen molar-refractivity contribution >= 4 is 0 Å². The molecule has 1 aliphatic rings. The Labute approximate surface area is 78.7 Å². The topological polar surface area (TPSA) is 38.7 Å². The van der Waals surface area contributed by atoms with E-state index in [0.717, 1.165) is 0 Å². The molecule has 0 radical (unpaired) electrons. The number of aliphatic hydroxyl groups excluding tert-OH is 1. The summed E-state index contributed by atoms with van der Waals surface area (Å²) in [4.78, 5) is 0. The number of aliphatic hydroxyl groups is 1. The third-order valence-electron chi connectivity index (χ3n) is 1.97. The van der Waals surface area contributed by atoms with Gasteiger partial charge in [0.2, 0.25) is 0 Å². The molecule has 0 aliphatic carbocycles. The first-order valence-electron chi connectivity index (χ1n) is 4.29. The summed E-state index contributed by atoms with van der Waals surface area (Å²) in [5.74, 6) is -0.659. The summed E-state index contributed by atoms with van der Waals surface area (Å²) in [6, 6.07) is 0. The van der Waals surface area contributed by atoms with Gasteiger partial charge in [-0.15, -0.1) is 13.2 Å². The molecule has 3 nitrogen and oxygen atoms in total. The fraction of sp³-hybridized carbons (Fsp3) is 0.600. The number of hydrogen-bond acceptors (Lipinski definition) is 3. The minimum atomic E-state index is -0.718. The van der Waals surface area contributed by atoms with Crippen LogP contribution in [0.4, 0.5) is 0 Å². The van der Waals surface area contributed by atoms with Gasteiger partial charge in [0, 0.05) is 0 Å². The van der Waals surface area contributed by atoms with Crippen LogP contribution in [0.5, 0.6) is 0 Å². The van der Waals surface area contributed by atoms with E-state index >= 15 is 0 Å². The highest BCUT2D eigenvalue weighted by molar-refractivity contribution is 5.00. The first-order valence-corrected chi connectivity index (χ1v) is 4.29. The van der Waals surface area contributed by atoms with E-state index in [1.165, 1.54) is 6.08 Å². The van der Waals surface area contributed by atoms with E-state index in [0.29, 0.717) is 0 Å². The predicted octanol–water partition coefficient (Wildman–Crippen LogP) is 1.24. The summed E-state index contributed by atoms with van der Waals surface area (Å²) in [6.45, 7) is 10.7. The molecule has 3 heteroatoms. The molecule has 1 heterocycles. The molecular weight excluding hydrogens is 168 g/mol. The van der Waals surface area contributed by atoms with Gasteiger partial charge in [0.1, 0.15) is 18.3 Å². The van der Waals surface area contributed by atoms with Crippen molar-refractivity contribution in [3.8, 4) is 0 Å². The fourth-order valence-corrected chi connectivity index (χ4v) is 1.40. The summed E-state index contributed by atoms with van der Waals surface area (Å²) >= 11 is 0. The molecule has 1 fully saturated rings. The number of ether oxygens (including phenoxy) is 2. The number of rotatable bonds is 3. The molecule has 0 saturated carbocycles. The molecular formula is C10H16O3. The van der Waals surface area contributed by atoms with Gasteiger partial charge >= 0.3 is 0 Å². The van der Waals surface area contributed by atoms with Crippen LogP contribution in [-0.4, -0.2) is 29.2 Å². The van der Waals surface area contributed by atoms with Crippen LogP contribution in [0, 0.1) is 0 Å². The summed E-state index contributed by atoms with van der Waals surface area (Å²) in [5.41, 5.74) is 0. The van der Waals surface area contributed by atoms with E-state index < -0.39 is 18.0 Å². The lowest BCUT2D eigenvalue weighted by atomic mass is 10.1. The molecule has 1 N–H and O–H groups in total. The normalized spacial score (nSPS) is 34.1. The molecule has 0 amide bonds. The van der Waals surface area contributed by atoms with Gasteiger partial charge in [0.15, 0.2) is 5.79 Å². The van der Waals surface area contributed by atoms with Crippen molar-refractivity contribution in [2.75, 3.05) is 0 Å². The average molecular weight is 184 g/mol. The van der Waals surface area contributed by atoms with Gasteiger partial charge in [-0.25, -0.2) is 0 Å². The van der Waals surface area contributed by atoms with Gasteiger partial charge in [-0.2, -0.15) is 0 Å². The summed E-state index contributed by atoms with van der Waals surface area (Å²) < 4.78 is 11.0. The Kier molecular flexibility index (Phi) is 2.91. The molecule has 0 aromatic carbocycles. The van der Waals surface area contributed by atoms with Crippen LogP contribution in [0.25, 0.3) is 0 Å². The highest BCUT2D eigenvalue weighted by Crippen LogP contribution is 2.30. The van der Waals surface area contributed by atoms with E-state index in [1.807, 2.05) is 0 Å². The Morgan fingerprint density at radius 2 is 2.00 bits per heavy atom. The molecule has 1 aliphatic heterocycles. The third-order valence-corrected chi connectivity index (χ3v) is 1.97. The summed E-state index contributed by atoms with van der Waals surface area (Å²) in [7, 11) is 0. The molecule has 2 unspecified atom stereocenters. The Morgan fingerprint density at radius 1 is 1.38 bits per heavy atom. The van der Waals surface area contributed by atoms with Crippen molar-refractivity contribution in [1.82, 2.24) is 0 Å². The minimum absolute atomic E-state index is 0.275. The highest BCUT2D eigenvalue weighted by atomic mass is 16.8. The Bertz CT molecular complexity index is 210.